The summed E-state index contributed by atoms with van der Waals surface area (Å²) in [7, 11) is -2.69. The third-order valence-corrected chi connectivity index (χ3v) is 5.42. The van der Waals surface area contributed by atoms with Crippen LogP contribution >= 0.6 is 0 Å². The molecule has 0 spiro atoms. The summed E-state index contributed by atoms with van der Waals surface area (Å²) in [4.78, 5) is 0. The average molecular weight is 544 g/mol. The van der Waals surface area contributed by atoms with Crippen molar-refractivity contribution in [2.45, 2.75) is 13.8 Å². The molecule has 0 unspecified atom stereocenters. The normalized spacial score (nSPS) is 10.8. The Labute approximate surface area is 225 Å². The summed E-state index contributed by atoms with van der Waals surface area (Å²) in [5.74, 6) is 4.54. The second-order valence-corrected chi connectivity index (χ2v) is 8.05. The summed E-state index contributed by atoms with van der Waals surface area (Å²) in [6, 6.07) is 25.7. The highest BCUT2D eigenvalue weighted by atomic mass is 19.5. The Morgan fingerprint density at radius 3 is 1.38 bits per heavy atom. The number of benzene rings is 3. The van der Waals surface area contributed by atoms with Crippen LogP contribution in [0.2, 0.25) is 0 Å². The Morgan fingerprint density at radius 1 is 0.564 bits per heavy atom. The van der Waals surface area contributed by atoms with Crippen LogP contribution in [0.5, 0.6) is 23.0 Å². The molecule has 0 aliphatic carbocycles. The van der Waals surface area contributed by atoms with E-state index in [4.69, 9.17) is 23.4 Å². The molecular formula is C29H29BF4O5. The molecule has 3 aromatic carbocycles. The van der Waals surface area contributed by atoms with E-state index in [0.29, 0.717) is 13.2 Å². The van der Waals surface area contributed by atoms with Crippen LogP contribution in [-0.2, 0) is 0 Å². The number of rotatable bonds is 9. The number of methoxy groups -OCH3 is 2. The summed E-state index contributed by atoms with van der Waals surface area (Å²) in [5, 5.41) is 0. The van der Waals surface area contributed by atoms with Crippen molar-refractivity contribution in [1.29, 1.82) is 0 Å². The minimum atomic E-state index is -6.00. The monoisotopic (exact) mass is 544 g/mol. The molecule has 0 radical (unpaired) electrons. The summed E-state index contributed by atoms with van der Waals surface area (Å²) in [5.41, 5.74) is 3.92. The lowest BCUT2D eigenvalue weighted by molar-refractivity contribution is 0.288. The Bertz CT molecular complexity index is 1270. The number of hydrogen-bond donors (Lipinski definition) is 0. The Kier molecular flexibility index (Phi) is 10.2. The van der Waals surface area contributed by atoms with E-state index in [0.717, 1.165) is 56.8 Å². The van der Waals surface area contributed by atoms with Gasteiger partial charge in [0.15, 0.2) is 11.5 Å². The SMILES string of the molecule is CCOc1ccc(-c2cc(-c3ccc(OC)cc3)[o+]c(-c3ccc(OC)cc3)c2)cc1OCC.F[B-](F)(F)F. The van der Waals surface area contributed by atoms with Gasteiger partial charge in [0.05, 0.1) is 50.7 Å². The van der Waals surface area contributed by atoms with Crippen molar-refractivity contribution >= 4 is 7.25 Å². The lowest BCUT2D eigenvalue weighted by atomic mass is 10.0. The minimum Gasteiger partial charge on any atom is -0.497 e. The minimum absolute atomic E-state index is 0.557. The van der Waals surface area contributed by atoms with E-state index in [1.54, 1.807) is 14.2 Å². The van der Waals surface area contributed by atoms with Gasteiger partial charge in [-0.2, -0.15) is 0 Å². The molecule has 0 fully saturated rings. The molecule has 5 nitrogen and oxygen atoms in total. The van der Waals surface area contributed by atoms with Crippen molar-refractivity contribution in [3.8, 4) is 56.8 Å². The van der Waals surface area contributed by atoms with Gasteiger partial charge in [-0.1, -0.05) is 6.07 Å². The second-order valence-electron chi connectivity index (χ2n) is 8.05. The van der Waals surface area contributed by atoms with Crippen LogP contribution < -0.4 is 18.9 Å². The topological polar surface area (TPSA) is 48.2 Å². The molecule has 0 aliphatic rings. The fraction of sp³-hybridized carbons (Fsp3) is 0.207. The van der Waals surface area contributed by atoms with Crippen LogP contribution in [0.15, 0.2) is 83.3 Å². The van der Waals surface area contributed by atoms with Gasteiger partial charge in [0.1, 0.15) is 11.5 Å². The van der Waals surface area contributed by atoms with Crippen molar-refractivity contribution in [1.82, 2.24) is 0 Å². The maximum absolute atomic E-state index is 9.75. The zero-order valence-electron chi connectivity index (χ0n) is 22.1. The molecule has 4 rings (SSSR count). The molecule has 0 amide bonds. The van der Waals surface area contributed by atoms with Crippen LogP contribution in [0, 0.1) is 0 Å². The molecule has 4 aromatic rings. The van der Waals surface area contributed by atoms with Crippen LogP contribution in [0.4, 0.5) is 17.3 Å². The maximum Gasteiger partial charge on any atom is 0.673 e. The van der Waals surface area contributed by atoms with Crippen molar-refractivity contribution < 1.29 is 40.6 Å². The quantitative estimate of drug-likeness (QED) is 0.120. The van der Waals surface area contributed by atoms with Gasteiger partial charge in [-0.25, -0.2) is 4.42 Å². The van der Waals surface area contributed by atoms with E-state index in [2.05, 4.69) is 0 Å². The van der Waals surface area contributed by atoms with Gasteiger partial charge in [0.2, 0.25) is 0 Å². The van der Waals surface area contributed by atoms with Gasteiger partial charge in [-0.05, 0) is 80.1 Å². The maximum atomic E-state index is 9.75. The van der Waals surface area contributed by atoms with E-state index in [1.165, 1.54) is 0 Å². The molecule has 206 valence electrons. The van der Waals surface area contributed by atoms with E-state index in [9.17, 15) is 17.3 Å². The number of ether oxygens (including phenoxy) is 4. The molecule has 10 heteroatoms. The standard InChI is InChI=1S/C29H29O5.BF4/c1-5-32-26-16-11-22(17-29(26)33-6-2)23-18-27(20-7-12-24(30-3)13-8-20)34-28(19-23)21-9-14-25(31-4)15-10-21;2-1(3,4)5/h7-19H,5-6H2,1-4H3;/q+1;-1. The zero-order valence-corrected chi connectivity index (χ0v) is 22.1. The van der Waals surface area contributed by atoms with E-state index < -0.39 is 7.25 Å². The molecule has 1 heterocycles. The lowest BCUT2D eigenvalue weighted by Gasteiger charge is -2.12. The Balaban J connectivity index is 0.000000771. The average Bonchev–Trinajstić information content (AvgIpc) is 2.93. The van der Waals surface area contributed by atoms with Crippen LogP contribution in [0.25, 0.3) is 33.8 Å². The summed E-state index contributed by atoms with van der Waals surface area (Å²) in [6.07, 6.45) is 0. The van der Waals surface area contributed by atoms with Crippen molar-refractivity contribution in [3.05, 3.63) is 78.9 Å². The van der Waals surface area contributed by atoms with Crippen molar-refractivity contribution in [2.75, 3.05) is 27.4 Å². The first kappa shape index (κ1) is 29.4. The third kappa shape index (κ3) is 8.66. The summed E-state index contributed by atoms with van der Waals surface area (Å²) >= 11 is 0. The summed E-state index contributed by atoms with van der Waals surface area (Å²) < 4.78 is 67.6. The van der Waals surface area contributed by atoms with E-state index >= 15 is 0 Å². The number of hydrogen-bond acceptors (Lipinski definition) is 4. The molecule has 0 atom stereocenters. The highest BCUT2D eigenvalue weighted by molar-refractivity contribution is 6.50. The zero-order chi connectivity index (χ0) is 28.4. The largest absolute Gasteiger partial charge is 0.673 e. The first-order valence-electron chi connectivity index (χ1n) is 12.2. The first-order chi connectivity index (χ1) is 18.6. The van der Waals surface area contributed by atoms with Crippen molar-refractivity contribution in [2.24, 2.45) is 0 Å². The molecule has 0 N–H and O–H groups in total. The van der Waals surface area contributed by atoms with Crippen molar-refractivity contribution in [3.63, 3.8) is 0 Å². The summed E-state index contributed by atoms with van der Waals surface area (Å²) in [6.45, 7) is 5.06. The van der Waals surface area contributed by atoms with Crippen LogP contribution in [0.3, 0.4) is 0 Å². The molecule has 0 saturated carbocycles. The van der Waals surface area contributed by atoms with Gasteiger partial charge in [0.25, 0.3) is 0 Å². The Hall–Kier alpha value is -4.21. The Morgan fingerprint density at radius 2 is 0.974 bits per heavy atom. The molecule has 0 saturated heterocycles. The van der Waals surface area contributed by atoms with Gasteiger partial charge in [0, 0.05) is 5.56 Å². The molecule has 0 aliphatic heterocycles. The second kappa shape index (κ2) is 13.5. The highest BCUT2D eigenvalue weighted by Crippen LogP contribution is 2.37. The van der Waals surface area contributed by atoms with Gasteiger partial charge in [-0.15, -0.1) is 0 Å². The predicted octanol–water partition coefficient (Wildman–Crippen LogP) is 8.68. The lowest BCUT2D eigenvalue weighted by Crippen LogP contribution is -2.02. The van der Waals surface area contributed by atoms with E-state index in [1.807, 2.05) is 92.7 Å². The predicted molar refractivity (Wildman–Crippen MR) is 145 cm³/mol. The molecule has 39 heavy (non-hydrogen) atoms. The van der Waals surface area contributed by atoms with Crippen LogP contribution in [0.1, 0.15) is 13.8 Å². The van der Waals surface area contributed by atoms with Crippen LogP contribution in [-0.4, -0.2) is 34.7 Å². The molecule has 0 bridgehead atoms. The number of halogens is 4. The smallest absolute Gasteiger partial charge is 0.497 e. The van der Waals surface area contributed by atoms with Gasteiger partial charge < -0.3 is 36.2 Å². The fourth-order valence-electron chi connectivity index (χ4n) is 3.69. The highest BCUT2D eigenvalue weighted by Gasteiger charge is 2.22. The van der Waals surface area contributed by atoms with Gasteiger partial charge in [-0.3, -0.25) is 0 Å². The van der Waals surface area contributed by atoms with Gasteiger partial charge >= 0.3 is 18.8 Å². The van der Waals surface area contributed by atoms with E-state index in [-0.39, 0.29) is 0 Å². The molecular weight excluding hydrogens is 515 g/mol. The fourth-order valence-corrected chi connectivity index (χ4v) is 3.69. The third-order valence-electron chi connectivity index (χ3n) is 5.42. The first-order valence-corrected chi connectivity index (χ1v) is 12.2. The molecule has 1 aromatic heterocycles.